The van der Waals surface area contributed by atoms with Crippen LogP contribution in [0.5, 0.6) is 5.75 Å². The molecule has 0 amide bonds. The van der Waals surface area contributed by atoms with E-state index in [4.69, 9.17) is 15.7 Å². The lowest BCUT2D eigenvalue weighted by atomic mass is 10.1. The van der Waals surface area contributed by atoms with Gasteiger partial charge in [-0.3, -0.25) is 0 Å². The predicted octanol–water partition coefficient (Wildman–Crippen LogP) is 3.11. The molecule has 0 fully saturated rings. The summed E-state index contributed by atoms with van der Waals surface area (Å²) in [6.45, 7) is 0. The molecule has 0 saturated heterocycles. The smallest absolute Gasteiger partial charge is 0.142 e. The van der Waals surface area contributed by atoms with Gasteiger partial charge in [-0.05, 0) is 35.9 Å². The third kappa shape index (κ3) is 2.67. The second-order valence-corrected chi connectivity index (χ2v) is 4.45. The van der Waals surface area contributed by atoms with Gasteiger partial charge in [-0.2, -0.15) is 5.26 Å². The van der Waals surface area contributed by atoms with Gasteiger partial charge in [0.25, 0.3) is 0 Å². The van der Waals surface area contributed by atoms with Crippen LogP contribution in [0, 0.1) is 11.3 Å². The molecule has 0 heterocycles. The molecule has 0 aliphatic carbocycles. The summed E-state index contributed by atoms with van der Waals surface area (Å²) in [5, 5.41) is 8.83. The van der Waals surface area contributed by atoms with E-state index in [9.17, 15) is 0 Å². The van der Waals surface area contributed by atoms with E-state index < -0.39 is 0 Å². The average Bonchev–Trinajstić information content (AvgIpc) is 2.49. The summed E-state index contributed by atoms with van der Waals surface area (Å²) in [7, 11) is 3.61. The Morgan fingerprint density at radius 2 is 2.00 bits per heavy atom. The van der Waals surface area contributed by atoms with Crippen LogP contribution in [0.4, 0.5) is 17.1 Å². The minimum absolute atomic E-state index is 0.305. The third-order valence-corrected chi connectivity index (χ3v) is 3.23. The molecule has 0 bridgehead atoms. The average molecular weight is 267 g/mol. The van der Waals surface area contributed by atoms with Gasteiger partial charge in [0.05, 0.1) is 25.3 Å². The van der Waals surface area contributed by atoms with Crippen LogP contribution in [0.15, 0.2) is 42.5 Å². The Bertz CT molecular complexity index is 646. The van der Waals surface area contributed by atoms with Crippen molar-refractivity contribution in [3.05, 3.63) is 48.0 Å². The largest absolute Gasteiger partial charge is 0.495 e. The molecular formula is C16H17N3O. The van der Waals surface area contributed by atoms with Gasteiger partial charge in [0, 0.05) is 18.4 Å². The Balaban J connectivity index is 2.41. The first-order valence-electron chi connectivity index (χ1n) is 6.29. The molecule has 0 saturated carbocycles. The van der Waals surface area contributed by atoms with Gasteiger partial charge in [-0.1, -0.05) is 12.1 Å². The molecule has 0 spiro atoms. The second kappa shape index (κ2) is 5.98. The first kappa shape index (κ1) is 13.8. The molecule has 20 heavy (non-hydrogen) atoms. The van der Waals surface area contributed by atoms with E-state index >= 15 is 0 Å². The molecule has 2 rings (SSSR count). The molecule has 0 atom stereocenters. The predicted molar refractivity (Wildman–Crippen MR) is 81.2 cm³/mol. The third-order valence-electron chi connectivity index (χ3n) is 3.23. The summed E-state index contributed by atoms with van der Waals surface area (Å²) < 4.78 is 5.37. The summed E-state index contributed by atoms with van der Waals surface area (Å²) >= 11 is 0. The Morgan fingerprint density at radius 3 is 2.70 bits per heavy atom. The van der Waals surface area contributed by atoms with Crippen molar-refractivity contribution >= 4 is 17.1 Å². The maximum absolute atomic E-state index is 8.83. The van der Waals surface area contributed by atoms with Gasteiger partial charge in [0.1, 0.15) is 5.75 Å². The van der Waals surface area contributed by atoms with E-state index in [1.165, 1.54) is 0 Å². The first-order chi connectivity index (χ1) is 9.67. The highest BCUT2D eigenvalue weighted by Gasteiger charge is 2.10. The van der Waals surface area contributed by atoms with Crippen LogP contribution in [-0.2, 0) is 6.42 Å². The zero-order valence-electron chi connectivity index (χ0n) is 11.6. The van der Waals surface area contributed by atoms with E-state index in [0.717, 1.165) is 22.7 Å². The van der Waals surface area contributed by atoms with E-state index in [2.05, 4.69) is 6.07 Å². The fourth-order valence-electron chi connectivity index (χ4n) is 2.09. The maximum atomic E-state index is 8.83. The van der Waals surface area contributed by atoms with Gasteiger partial charge >= 0.3 is 0 Å². The molecule has 4 heteroatoms. The van der Waals surface area contributed by atoms with Crippen molar-refractivity contribution in [2.45, 2.75) is 6.42 Å². The normalized spacial score (nSPS) is 9.85. The zero-order valence-corrected chi connectivity index (χ0v) is 11.6. The minimum Gasteiger partial charge on any atom is -0.495 e. The van der Waals surface area contributed by atoms with Gasteiger partial charge in [-0.15, -0.1) is 0 Å². The van der Waals surface area contributed by atoms with Crippen LogP contribution >= 0.6 is 0 Å². The molecular weight excluding hydrogens is 250 g/mol. The van der Waals surface area contributed by atoms with E-state index in [0.29, 0.717) is 12.1 Å². The van der Waals surface area contributed by atoms with Crippen molar-refractivity contribution in [2.24, 2.45) is 0 Å². The summed E-state index contributed by atoms with van der Waals surface area (Å²) in [6, 6.07) is 15.6. The van der Waals surface area contributed by atoms with E-state index in [1.54, 1.807) is 7.11 Å². The monoisotopic (exact) mass is 267 g/mol. The molecule has 0 unspecified atom stereocenters. The Kier molecular flexibility index (Phi) is 4.11. The number of anilines is 3. The first-order valence-corrected chi connectivity index (χ1v) is 6.29. The molecule has 0 aliphatic heterocycles. The molecule has 0 aromatic heterocycles. The summed E-state index contributed by atoms with van der Waals surface area (Å²) in [4.78, 5) is 2.01. The molecule has 4 nitrogen and oxygen atoms in total. The highest BCUT2D eigenvalue weighted by Crippen LogP contribution is 2.33. The number of nitrogens with two attached hydrogens (primary N) is 1. The van der Waals surface area contributed by atoms with Crippen LogP contribution in [0.2, 0.25) is 0 Å². The highest BCUT2D eigenvalue weighted by molar-refractivity contribution is 5.71. The highest BCUT2D eigenvalue weighted by atomic mass is 16.5. The second-order valence-electron chi connectivity index (χ2n) is 4.45. The Labute approximate surface area is 119 Å². The van der Waals surface area contributed by atoms with Crippen LogP contribution in [0.1, 0.15) is 5.56 Å². The lowest BCUT2D eigenvalue weighted by Crippen LogP contribution is -2.11. The standard InChI is InChI=1S/C16H17N3O/c1-19(15-5-3-4-6-16(15)20-2)13-7-8-14(18)12(11-13)9-10-17/h3-8,11H,9,18H2,1-2H3. The molecule has 2 aromatic rings. The molecule has 2 N–H and O–H groups in total. The number of nitrogens with zero attached hydrogens (tertiary/aromatic N) is 2. The van der Waals surface area contributed by atoms with E-state index in [1.807, 2.05) is 54.4 Å². The number of ether oxygens (including phenoxy) is 1. The Morgan fingerprint density at radius 1 is 1.25 bits per heavy atom. The van der Waals surface area contributed by atoms with E-state index in [-0.39, 0.29) is 0 Å². The van der Waals surface area contributed by atoms with Crippen LogP contribution < -0.4 is 15.4 Å². The van der Waals surface area contributed by atoms with Crippen molar-refractivity contribution < 1.29 is 4.74 Å². The van der Waals surface area contributed by atoms with Gasteiger partial charge in [0.15, 0.2) is 0 Å². The summed E-state index contributed by atoms with van der Waals surface area (Å²) in [5.41, 5.74) is 9.29. The fraction of sp³-hybridized carbons (Fsp3) is 0.188. The lowest BCUT2D eigenvalue weighted by Gasteiger charge is -2.22. The van der Waals surface area contributed by atoms with Gasteiger partial charge in [0.2, 0.25) is 0 Å². The number of rotatable bonds is 4. The SMILES string of the molecule is COc1ccccc1N(C)c1ccc(N)c(CC#N)c1. The number of para-hydroxylation sites is 2. The maximum Gasteiger partial charge on any atom is 0.142 e. The topological polar surface area (TPSA) is 62.3 Å². The number of benzene rings is 2. The van der Waals surface area contributed by atoms with Gasteiger partial charge < -0.3 is 15.4 Å². The van der Waals surface area contributed by atoms with Crippen molar-refractivity contribution in [3.8, 4) is 11.8 Å². The molecule has 0 aliphatic rings. The number of nitriles is 1. The molecule has 2 aromatic carbocycles. The minimum atomic E-state index is 0.305. The van der Waals surface area contributed by atoms with Crippen molar-refractivity contribution in [1.82, 2.24) is 0 Å². The number of hydrogen-bond donors (Lipinski definition) is 1. The number of nitrogen functional groups attached to an aromatic ring is 1. The lowest BCUT2D eigenvalue weighted by molar-refractivity contribution is 0.415. The van der Waals surface area contributed by atoms with Crippen molar-refractivity contribution in [3.63, 3.8) is 0 Å². The van der Waals surface area contributed by atoms with Crippen LogP contribution in [-0.4, -0.2) is 14.2 Å². The molecule has 102 valence electrons. The van der Waals surface area contributed by atoms with Gasteiger partial charge in [-0.25, -0.2) is 0 Å². The summed E-state index contributed by atoms with van der Waals surface area (Å²) in [6.07, 6.45) is 0.305. The van der Waals surface area contributed by atoms with Crippen LogP contribution in [0.3, 0.4) is 0 Å². The quantitative estimate of drug-likeness (QED) is 0.864. The van der Waals surface area contributed by atoms with Crippen molar-refractivity contribution in [2.75, 3.05) is 24.8 Å². The number of hydrogen-bond acceptors (Lipinski definition) is 4. The number of methoxy groups -OCH3 is 1. The Hall–Kier alpha value is -2.67. The zero-order chi connectivity index (χ0) is 14.5. The molecule has 0 radical (unpaired) electrons. The van der Waals surface area contributed by atoms with Crippen LogP contribution in [0.25, 0.3) is 0 Å². The van der Waals surface area contributed by atoms with Crippen molar-refractivity contribution in [1.29, 1.82) is 5.26 Å². The summed E-state index contributed by atoms with van der Waals surface area (Å²) in [5.74, 6) is 0.800. The fourth-order valence-corrected chi connectivity index (χ4v) is 2.09.